The fourth-order valence-corrected chi connectivity index (χ4v) is 3.05. The van der Waals surface area contributed by atoms with Gasteiger partial charge in [-0.3, -0.25) is 4.98 Å². The maximum Gasteiger partial charge on any atom is 0.143 e. The number of aryl methyl sites for hydroxylation is 1. The van der Waals surface area contributed by atoms with E-state index in [-0.39, 0.29) is 0 Å². The molecule has 3 rings (SSSR count). The molecule has 0 saturated heterocycles. The van der Waals surface area contributed by atoms with Gasteiger partial charge < -0.3 is 5.32 Å². The van der Waals surface area contributed by atoms with Crippen LogP contribution in [0.3, 0.4) is 0 Å². The Labute approximate surface area is 115 Å². The van der Waals surface area contributed by atoms with E-state index in [1.54, 1.807) is 17.5 Å². The van der Waals surface area contributed by atoms with Crippen LogP contribution in [0.4, 0.5) is 0 Å². The SMILES string of the molecule is Cc1nc(-c2ncccc2Cl)sc1CNC1CC1. The van der Waals surface area contributed by atoms with Crippen molar-refractivity contribution in [3.8, 4) is 10.7 Å². The summed E-state index contributed by atoms with van der Waals surface area (Å²) >= 11 is 7.82. The van der Waals surface area contributed by atoms with Gasteiger partial charge in [-0.15, -0.1) is 11.3 Å². The summed E-state index contributed by atoms with van der Waals surface area (Å²) in [6.07, 6.45) is 4.35. The molecule has 1 fully saturated rings. The largest absolute Gasteiger partial charge is 0.309 e. The molecule has 0 radical (unpaired) electrons. The molecule has 1 saturated carbocycles. The maximum atomic E-state index is 6.15. The lowest BCUT2D eigenvalue weighted by molar-refractivity contribution is 0.691. The van der Waals surface area contributed by atoms with Crippen molar-refractivity contribution >= 4 is 22.9 Å². The van der Waals surface area contributed by atoms with Crippen LogP contribution in [-0.2, 0) is 6.54 Å². The van der Waals surface area contributed by atoms with E-state index >= 15 is 0 Å². The second-order valence-electron chi connectivity index (χ2n) is 4.52. The summed E-state index contributed by atoms with van der Waals surface area (Å²) < 4.78 is 0. The van der Waals surface area contributed by atoms with Gasteiger partial charge in [0.05, 0.1) is 10.7 Å². The number of pyridine rings is 1. The van der Waals surface area contributed by atoms with Crippen LogP contribution in [0, 0.1) is 6.92 Å². The predicted molar refractivity (Wildman–Crippen MR) is 75.0 cm³/mol. The van der Waals surface area contributed by atoms with Gasteiger partial charge in [0, 0.05) is 23.7 Å². The molecule has 18 heavy (non-hydrogen) atoms. The zero-order valence-electron chi connectivity index (χ0n) is 10.1. The normalized spacial score (nSPS) is 15.0. The molecule has 2 aromatic heterocycles. The summed E-state index contributed by atoms with van der Waals surface area (Å²) in [5.74, 6) is 0. The van der Waals surface area contributed by atoms with Gasteiger partial charge in [0.15, 0.2) is 0 Å². The average molecular weight is 280 g/mol. The van der Waals surface area contributed by atoms with Crippen molar-refractivity contribution in [1.29, 1.82) is 0 Å². The smallest absolute Gasteiger partial charge is 0.143 e. The molecule has 2 aromatic rings. The van der Waals surface area contributed by atoms with Gasteiger partial charge in [-0.05, 0) is 31.9 Å². The number of nitrogens with one attached hydrogen (secondary N) is 1. The van der Waals surface area contributed by atoms with Crippen LogP contribution in [0.25, 0.3) is 10.7 Å². The number of rotatable bonds is 4. The zero-order valence-corrected chi connectivity index (χ0v) is 11.7. The van der Waals surface area contributed by atoms with E-state index in [1.165, 1.54) is 17.7 Å². The van der Waals surface area contributed by atoms with Crippen LogP contribution in [0.1, 0.15) is 23.4 Å². The Bertz CT molecular complexity index is 563. The fourth-order valence-electron chi connectivity index (χ4n) is 1.76. The van der Waals surface area contributed by atoms with Crippen molar-refractivity contribution in [3.63, 3.8) is 0 Å². The van der Waals surface area contributed by atoms with Crippen LogP contribution in [0.2, 0.25) is 5.02 Å². The highest BCUT2D eigenvalue weighted by Crippen LogP contribution is 2.31. The van der Waals surface area contributed by atoms with Crippen LogP contribution in [-0.4, -0.2) is 16.0 Å². The second kappa shape index (κ2) is 4.96. The molecule has 3 nitrogen and oxygen atoms in total. The monoisotopic (exact) mass is 279 g/mol. The van der Waals surface area contributed by atoms with E-state index < -0.39 is 0 Å². The zero-order chi connectivity index (χ0) is 12.5. The van der Waals surface area contributed by atoms with E-state index in [1.807, 2.05) is 19.1 Å². The molecule has 0 atom stereocenters. The maximum absolute atomic E-state index is 6.15. The minimum absolute atomic E-state index is 0.660. The fraction of sp³-hybridized carbons (Fsp3) is 0.385. The van der Waals surface area contributed by atoms with Crippen LogP contribution in [0.5, 0.6) is 0 Å². The lowest BCUT2D eigenvalue weighted by Gasteiger charge is -1.99. The Kier molecular flexibility index (Phi) is 3.33. The van der Waals surface area contributed by atoms with E-state index in [0.29, 0.717) is 11.1 Å². The highest BCUT2D eigenvalue weighted by Gasteiger charge is 2.21. The van der Waals surface area contributed by atoms with Gasteiger partial charge in [0.1, 0.15) is 10.7 Å². The molecule has 0 aromatic carbocycles. The van der Waals surface area contributed by atoms with Gasteiger partial charge in [-0.1, -0.05) is 11.6 Å². The van der Waals surface area contributed by atoms with Crippen molar-refractivity contribution in [2.75, 3.05) is 0 Å². The number of nitrogens with zero attached hydrogens (tertiary/aromatic N) is 2. The molecule has 0 amide bonds. The first-order valence-corrected chi connectivity index (χ1v) is 7.24. The molecule has 0 unspecified atom stereocenters. The third-order valence-electron chi connectivity index (χ3n) is 2.98. The van der Waals surface area contributed by atoms with Crippen molar-refractivity contribution in [1.82, 2.24) is 15.3 Å². The molecular formula is C13H14ClN3S. The summed E-state index contributed by atoms with van der Waals surface area (Å²) in [7, 11) is 0. The van der Waals surface area contributed by atoms with Crippen molar-refractivity contribution in [3.05, 3.63) is 33.9 Å². The topological polar surface area (TPSA) is 37.8 Å². The van der Waals surface area contributed by atoms with Gasteiger partial charge in [-0.2, -0.15) is 0 Å². The molecular weight excluding hydrogens is 266 g/mol. The van der Waals surface area contributed by atoms with E-state index in [2.05, 4.69) is 15.3 Å². The number of halogens is 1. The highest BCUT2D eigenvalue weighted by molar-refractivity contribution is 7.15. The van der Waals surface area contributed by atoms with Gasteiger partial charge in [0.25, 0.3) is 0 Å². The van der Waals surface area contributed by atoms with E-state index in [4.69, 9.17) is 11.6 Å². The number of thiazole rings is 1. The average Bonchev–Trinajstić information content (AvgIpc) is 3.11. The van der Waals surface area contributed by atoms with Crippen molar-refractivity contribution < 1.29 is 0 Å². The molecule has 1 N–H and O–H groups in total. The van der Waals surface area contributed by atoms with Crippen molar-refractivity contribution in [2.45, 2.75) is 32.4 Å². The Morgan fingerprint density at radius 2 is 2.33 bits per heavy atom. The first-order chi connectivity index (χ1) is 8.74. The lowest BCUT2D eigenvalue weighted by Crippen LogP contribution is -2.14. The minimum atomic E-state index is 0.660. The Morgan fingerprint density at radius 1 is 1.50 bits per heavy atom. The molecule has 1 aliphatic carbocycles. The van der Waals surface area contributed by atoms with Crippen molar-refractivity contribution in [2.24, 2.45) is 0 Å². The standard InChI is InChI=1S/C13H14ClN3S/c1-8-11(7-16-9-4-5-9)18-13(17-8)12-10(14)3-2-6-15-12/h2-3,6,9,16H,4-5,7H2,1H3. The minimum Gasteiger partial charge on any atom is -0.309 e. The van der Waals surface area contributed by atoms with Gasteiger partial charge >= 0.3 is 0 Å². The first-order valence-electron chi connectivity index (χ1n) is 6.04. The molecule has 5 heteroatoms. The third kappa shape index (κ3) is 2.55. The number of hydrogen-bond donors (Lipinski definition) is 1. The molecule has 0 bridgehead atoms. The Hall–Kier alpha value is -0.970. The van der Waals surface area contributed by atoms with Gasteiger partial charge in [-0.25, -0.2) is 4.98 Å². The highest BCUT2D eigenvalue weighted by atomic mass is 35.5. The second-order valence-corrected chi connectivity index (χ2v) is 6.01. The summed E-state index contributed by atoms with van der Waals surface area (Å²) in [4.78, 5) is 10.2. The van der Waals surface area contributed by atoms with Crippen LogP contribution < -0.4 is 5.32 Å². The summed E-state index contributed by atoms with van der Waals surface area (Å²) in [6.45, 7) is 2.94. The first kappa shape index (κ1) is 12.1. The molecule has 2 heterocycles. The summed E-state index contributed by atoms with van der Waals surface area (Å²) in [5, 5.41) is 5.08. The van der Waals surface area contributed by atoms with E-state index in [9.17, 15) is 0 Å². The quantitative estimate of drug-likeness (QED) is 0.932. The molecule has 0 aliphatic heterocycles. The molecule has 1 aliphatic rings. The number of hydrogen-bond acceptors (Lipinski definition) is 4. The predicted octanol–water partition coefficient (Wildman–Crippen LogP) is 3.42. The van der Waals surface area contributed by atoms with Gasteiger partial charge in [0.2, 0.25) is 0 Å². The Morgan fingerprint density at radius 3 is 3.06 bits per heavy atom. The summed E-state index contributed by atoms with van der Waals surface area (Å²) in [5.41, 5.74) is 1.86. The molecule has 0 spiro atoms. The molecule has 94 valence electrons. The lowest BCUT2D eigenvalue weighted by atomic mass is 10.3. The van der Waals surface area contributed by atoms with Crippen LogP contribution >= 0.6 is 22.9 Å². The van der Waals surface area contributed by atoms with Crippen LogP contribution in [0.15, 0.2) is 18.3 Å². The number of aromatic nitrogens is 2. The van der Waals surface area contributed by atoms with E-state index in [0.717, 1.165) is 22.9 Å². The third-order valence-corrected chi connectivity index (χ3v) is 4.45. The Balaban J connectivity index is 1.84. The summed E-state index contributed by atoms with van der Waals surface area (Å²) in [6, 6.07) is 4.40.